The summed E-state index contributed by atoms with van der Waals surface area (Å²) in [4.78, 5) is 19.8. The van der Waals surface area contributed by atoms with E-state index in [1.54, 1.807) is 4.90 Å². The van der Waals surface area contributed by atoms with Gasteiger partial charge in [-0.2, -0.15) is 10.3 Å². The second-order valence-corrected chi connectivity index (χ2v) is 6.36. The molecule has 0 radical (unpaired) electrons. The first kappa shape index (κ1) is 16.8. The van der Waals surface area contributed by atoms with Gasteiger partial charge in [-0.15, -0.1) is 0 Å². The van der Waals surface area contributed by atoms with Crippen molar-refractivity contribution in [3.8, 4) is 6.19 Å². The molecule has 122 valence electrons. The van der Waals surface area contributed by atoms with Crippen molar-refractivity contribution in [1.29, 1.82) is 5.26 Å². The summed E-state index contributed by atoms with van der Waals surface area (Å²) in [5.41, 5.74) is 0.408. The average molecular weight is 314 g/mol. The fraction of sp³-hybridized carbons (Fsp3) is 0.471. The molecule has 6 nitrogen and oxygen atoms in total. The molecule has 1 aromatic rings. The summed E-state index contributed by atoms with van der Waals surface area (Å²) in [6, 6.07) is 9.61. The lowest BCUT2D eigenvalue weighted by molar-refractivity contribution is 0.0187. The van der Waals surface area contributed by atoms with Crippen LogP contribution >= 0.6 is 0 Å². The topological polar surface area (TPSA) is 68.9 Å². The van der Waals surface area contributed by atoms with Gasteiger partial charge in [-0.1, -0.05) is 30.3 Å². The van der Waals surface area contributed by atoms with Crippen LogP contribution in [0.15, 0.2) is 35.3 Å². The number of carbonyl (C=O) groups is 1. The van der Waals surface area contributed by atoms with E-state index in [-0.39, 0.29) is 6.09 Å². The number of rotatable bonds is 1. The predicted molar refractivity (Wildman–Crippen MR) is 88.0 cm³/mol. The first-order valence-electron chi connectivity index (χ1n) is 7.66. The Morgan fingerprint density at radius 1 is 1.13 bits per heavy atom. The largest absolute Gasteiger partial charge is 0.444 e. The SMILES string of the molecule is CC(C)(C)OC(=O)N1CCN(C(=NC#N)c2ccccc2)CC1. The van der Waals surface area contributed by atoms with Crippen LogP contribution in [0.5, 0.6) is 0 Å². The van der Waals surface area contributed by atoms with Gasteiger partial charge in [0.05, 0.1) is 0 Å². The smallest absolute Gasteiger partial charge is 0.410 e. The second-order valence-electron chi connectivity index (χ2n) is 6.36. The van der Waals surface area contributed by atoms with Crippen molar-refractivity contribution in [2.75, 3.05) is 26.2 Å². The van der Waals surface area contributed by atoms with E-state index in [9.17, 15) is 4.79 Å². The molecule has 1 amide bonds. The molecule has 0 spiro atoms. The highest BCUT2D eigenvalue weighted by atomic mass is 16.6. The van der Waals surface area contributed by atoms with Crippen LogP contribution in [0.1, 0.15) is 26.3 Å². The molecule has 0 atom stereocenters. The number of nitriles is 1. The monoisotopic (exact) mass is 314 g/mol. The van der Waals surface area contributed by atoms with Crippen LogP contribution in [0.4, 0.5) is 4.79 Å². The number of hydrogen-bond acceptors (Lipinski definition) is 4. The fourth-order valence-electron chi connectivity index (χ4n) is 2.38. The lowest BCUT2D eigenvalue weighted by Crippen LogP contribution is -2.51. The zero-order valence-electron chi connectivity index (χ0n) is 13.8. The number of amides is 1. The number of benzene rings is 1. The van der Waals surface area contributed by atoms with Crippen LogP contribution in [0.25, 0.3) is 0 Å². The summed E-state index contributed by atoms with van der Waals surface area (Å²) in [7, 11) is 0. The summed E-state index contributed by atoms with van der Waals surface area (Å²) < 4.78 is 5.39. The maximum absolute atomic E-state index is 12.1. The lowest BCUT2D eigenvalue weighted by atomic mass is 10.1. The summed E-state index contributed by atoms with van der Waals surface area (Å²) in [5.74, 6) is 0.650. The minimum atomic E-state index is -0.494. The Bertz CT molecular complexity index is 606. The molecule has 1 fully saturated rings. The molecule has 1 aliphatic heterocycles. The summed E-state index contributed by atoms with van der Waals surface area (Å²) >= 11 is 0. The minimum absolute atomic E-state index is 0.296. The molecule has 2 rings (SSSR count). The number of ether oxygens (including phenoxy) is 1. The Morgan fingerprint density at radius 2 is 1.70 bits per heavy atom. The normalized spacial score (nSPS) is 16.0. The third-order valence-corrected chi connectivity index (χ3v) is 3.42. The quantitative estimate of drug-likeness (QED) is 0.453. The highest BCUT2D eigenvalue weighted by molar-refractivity contribution is 5.99. The van der Waals surface area contributed by atoms with Crippen molar-refractivity contribution < 1.29 is 9.53 Å². The van der Waals surface area contributed by atoms with Gasteiger partial charge in [0.15, 0.2) is 0 Å². The van der Waals surface area contributed by atoms with Gasteiger partial charge >= 0.3 is 6.09 Å². The standard InChI is InChI=1S/C17H22N4O2/c1-17(2,3)23-16(22)21-11-9-20(10-12-21)15(19-13-18)14-7-5-4-6-8-14/h4-8H,9-12H2,1-3H3. The Morgan fingerprint density at radius 3 is 2.22 bits per heavy atom. The molecule has 0 aliphatic carbocycles. The molecule has 1 aromatic carbocycles. The summed E-state index contributed by atoms with van der Waals surface area (Å²) in [6.45, 7) is 7.90. The number of piperazine rings is 1. The zero-order valence-corrected chi connectivity index (χ0v) is 13.8. The van der Waals surface area contributed by atoms with E-state index in [4.69, 9.17) is 10.00 Å². The molecular weight excluding hydrogens is 292 g/mol. The van der Waals surface area contributed by atoms with E-state index in [1.807, 2.05) is 62.2 Å². The van der Waals surface area contributed by atoms with Gasteiger partial charge in [0.1, 0.15) is 11.4 Å². The van der Waals surface area contributed by atoms with Crippen molar-refractivity contribution in [2.45, 2.75) is 26.4 Å². The van der Waals surface area contributed by atoms with Crippen LogP contribution in [0.3, 0.4) is 0 Å². The fourth-order valence-corrected chi connectivity index (χ4v) is 2.38. The number of nitrogens with zero attached hydrogens (tertiary/aromatic N) is 4. The number of hydrogen-bond donors (Lipinski definition) is 0. The van der Waals surface area contributed by atoms with Crippen LogP contribution in [0.2, 0.25) is 0 Å². The molecule has 1 aliphatic rings. The Hall–Kier alpha value is -2.55. The summed E-state index contributed by atoms with van der Waals surface area (Å²) in [5, 5.41) is 8.95. The van der Waals surface area contributed by atoms with Gasteiger partial charge in [-0.05, 0) is 20.8 Å². The molecule has 1 saturated heterocycles. The van der Waals surface area contributed by atoms with Gasteiger partial charge in [-0.3, -0.25) is 0 Å². The molecule has 0 saturated carbocycles. The molecule has 23 heavy (non-hydrogen) atoms. The molecule has 1 heterocycles. The van der Waals surface area contributed by atoms with E-state index in [1.165, 1.54) is 0 Å². The molecule has 0 unspecified atom stereocenters. The molecule has 0 N–H and O–H groups in total. The van der Waals surface area contributed by atoms with Crippen LogP contribution in [0, 0.1) is 11.5 Å². The third-order valence-electron chi connectivity index (χ3n) is 3.42. The van der Waals surface area contributed by atoms with Crippen molar-refractivity contribution in [2.24, 2.45) is 4.99 Å². The van der Waals surface area contributed by atoms with Crippen LogP contribution in [-0.2, 0) is 4.74 Å². The third kappa shape index (κ3) is 4.71. The molecule has 0 bridgehead atoms. The van der Waals surface area contributed by atoms with Crippen LogP contribution in [-0.4, -0.2) is 53.5 Å². The molecular formula is C17H22N4O2. The van der Waals surface area contributed by atoms with E-state index < -0.39 is 5.60 Å². The van der Waals surface area contributed by atoms with Gasteiger partial charge in [-0.25, -0.2) is 4.79 Å². The van der Waals surface area contributed by atoms with Crippen molar-refractivity contribution >= 4 is 11.9 Å². The van der Waals surface area contributed by atoms with E-state index >= 15 is 0 Å². The highest BCUT2D eigenvalue weighted by Gasteiger charge is 2.27. The van der Waals surface area contributed by atoms with Crippen molar-refractivity contribution in [3.63, 3.8) is 0 Å². The zero-order chi connectivity index (χ0) is 16.9. The average Bonchev–Trinajstić information content (AvgIpc) is 2.52. The highest BCUT2D eigenvalue weighted by Crippen LogP contribution is 2.14. The van der Waals surface area contributed by atoms with Crippen molar-refractivity contribution in [1.82, 2.24) is 9.80 Å². The minimum Gasteiger partial charge on any atom is -0.444 e. The van der Waals surface area contributed by atoms with E-state index in [0.29, 0.717) is 32.0 Å². The Balaban J connectivity index is 2.02. The maximum atomic E-state index is 12.1. The second kappa shape index (κ2) is 7.14. The van der Waals surface area contributed by atoms with Gasteiger partial charge in [0, 0.05) is 31.7 Å². The van der Waals surface area contributed by atoms with Crippen LogP contribution < -0.4 is 0 Å². The van der Waals surface area contributed by atoms with Gasteiger partial charge in [0.2, 0.25) is 6.19 Å². The van der Waals surface area contributed by atoms with Gasteiger partial charge < -0.3 is 14.5 Å². The van der Waals surface area contributed by atoms with Crippen molar-refractivity contribution in [3.05, 3.63) is 35.9 Å². The molecule has 6 heteroatoms. The predicted octanol–water partition coefficient (Wildman–Crippen LogP) is 2.47. The number of aliphatic imine (C=N–C) groups is 1. The lowest BCUT2D eigenvalue weighted by Gasteiger charge is -2.36. The Kier molecular flexibility index (Phi) is 5.22. The van der Waals surface area contributed by atoms with E-state index in [2.05, 4.69) is 4.99 Å². The first-order chi connectivity index (χ1) is 10.9. The molecule has 0 aromatic heterocycles. The Labute approximate surface area is 137 Å². The number of carbonyl (C=O) groups excluding carboxylic acids is 1. The first-order valence-corrected chi connectivity index (χ1v) is 7.66. The number of amidine groups is 1. The van der Waals surface area contributed by atoms with Gasteiger partial charge in [0.25, 0.3) is 0 Å². The summed E-state index contributed by atoms with van der Waals surface area (Å²) in [6.07, 6.45) is 1.57. The van der Waals surface area contributed by atoms with E-state index in [0.717, 1.165) is 5.56 Å². The maximum Gasteiger partial charge on any atom is 0.410 e.